The summed E-state index contributed by atoms with van der Waals surface area (Å²) in [5.41, 5.74) is 7.26. The number of carboxylic acid groups (broad SMARTS) is 1. The molecular weight excluding hydrogens is 168 g/mol. The minimum Gasteiger partial charge on any atom is -0.481 e. The zero-order chi connectivity index (χ0) is 9.84. The standard InChI is InChI=1S/C9H12N2O2/c1-6-7(3-2-4-11-6)8(10)5-9(12)13/h2-4,8H,5,10H2,1H3,(H,12,13)/t8-/m1/s1. The van der Waals surface area contributed by atoms with E-state index in [4.69, 9.17) is 10.8 Å². The first kappa shape index (κ1) is 9.67. The first-order valence-corrected chi connectivity index (χ1v) is 4.00. The molecule has 0 bridgehead atoms. The van der Waals surface area contributed by atoms with Crippen molar-refractivity contribution in [1.29, 1.82) is 0 Å². The molecule has 0 aliphatic carbocycles. The maximum absolute atomic E-state index is 10.4. The third-order valence-corrected chi connectivity index (χ3v) is 1.84. The van der Waals surface area contributed by atoms with Gasteiger partial charge < -0.3 is 10.8 Å². The molecule has 1 rings (SSSR count). The quantitative estimate of drug-likeness (QED) is 0.723. The van der Waals surface area contributed by atoms with E-state index in [0.29, 0.717) is 0 Å². The Morgan fingerprint density at radius 2 is 2.46 bits per heavy atom. The molecule has 0 amide bonds. The summed E-state index contributed by atoms with van der Waals surface area (Å²) in [5.74, 6) is -0.893. The second kappa shape index (κ2) is 4.00. The van der Waals surface area contributed by atoms with E-state index in [1.807, 2.05) is 6.92 Å². The van der Waals surface area contributed by atoms with Crippen LogP contribution in [0.2, 0.25) is 0 Å². The molecule has 0 spiro atoms. The third kappa shape index (κ3) is 2.52. The van der Waals surface area contributed by atoms with Crippen LogP contribution in [0, 0.1) is 6.92 Å². The van der Waals surface area contributed by atoms with Gasteiger partial charge in [-0.05, 0) is 18.6 Å². The summed E-state index contributed by atoms with van der Waals surface area (Å²) in [4.78, 5) is 14.4. The summed E-state index contributed by atoms with van der Waals surface area (Å²) in [6.07, 6.45) is 1.60. The van der Waals surface area contributed by atoms with Gasteiger partial charge >= 0.3 is 5.97 Å². The van der Waals surface area contributed by atoms with Crippen molar-refractivity contribution in [2.75, 3.05) is 0 Å². The molecule has 1 heterocycles. The van der Waals surface area contributed by atoms with Crippen LogP contribution in [0.3, 0.4) is 0 Å². The van der Waals surface area contributed by atoms with Gasteiger partial charge in [-0.1, -0.05) is 6.07 Å². The van der Waals surface area contributed by atoms with Crippen LogP contribution in [0.5, 0.6) is 0 Å². The molecule has 4 nitrogen and oxygen atoms in total. The van der Waals surface area contributed by atoms with Crippen LogP contribution in [-0.2, 0) is 4.79 Å². The number of hydrogen-bond acceptors (Lipinski definition) is 3. The van der Waals surface area contributed by atoms with Gasteiger partial charge in [0.05, 0.1) is 6.42 Å². The van der Waals surface area contributed by atoms with Gasteiger partial charge in [0.15, 0.2) is 0 Å². The van der Waals surface area contributed by atoms with Crippen LogP contribution in [0.1, 0.15) is 23.7 Å². The molecule has 1 atom stereocenters. The summed E-state index contributed by atoms with van der Waals surface area (Å²) in [6.45, 7) is 1.82. The fourth-order valence-corrected chi connectivity index (χ4v) is 1.19. The van der Waals surface area contributed by atoms with E-state index in [-0.39, 0.29) is 6.42 Å². The predicted molar refractivity (Wildman–Crippen MR) is 48.2 cm³/mol. The fourth-order valence-electron chi connectivity index (χ4n) is 1.19. The number of carbonyl (C=O) groups is 1. The summed E-state index contributed by atoms with van der Waals surface area (Å²) in [6, 6.07) is 3.09. The first-order valence-electron chi connectivity index (χ1n) is 4.00. The van der Waals surface area contributed by atoms with Gasteiger partial charge in [0, 0.05) is 17.9 Å². The first-order chi connectivity index (χ1) is 6.11. The fraction of sp³-hybridized carbons (Fsp3) is 0.333. The normalized spacial score (nSPS) is 12.5. The van der Waals surface area contributed by atoms with Crippen molar-refractivity contribution in [3.05, 3.63) is 29.6 Å². The minimum atomic E-state index is -0.893. The van der Waals surface area contributed by atoms with Crippen LogP contribution in [0.15, 0.2) is 18.3 Å². The highest BCUT2D eigenvalue weighted by atomic mass is 16.4. The van der Waals surface area contributed by atoms with Gasteiger partial charge in [-0.25, -0.2) is 0 Å². The van der Waals surface area contributed by atoms with Gasteiger partial charge in [0.25, 0.3) is 0 Å². The summed E-state index contributed by atoms with van der Waals surface area (Å²) in [7, 11) is 0. The van der Waals surface area contributed by atoms with Crippen LogP contribution in [0.25, 0.3) is 0 Å². The Kier molecular flexibility index (Phi) is 2.97. The van der Waals surface area contributed by atoms with E-state index in [0.717, 1.165) is 11.3 Å². The molecule has 1 aromatic heterocycles. The number of aromatic nitrogens is 1. The van der Waals surface area contributed by atoms with Crippen molar-refractivity contribution in [3.8, 4) is 0 Å². The lowest BCUT2D eigenvalue weighted by Crippen LogP contribution is -2.16. The second-order valence-corrected chi connectivity index (χ2v) is 2.88. The Morgan fingerprint density at radius 3 is 3.00 bits per heavy atom. The number of rotatable bonds is 3. The van der Waals surface area contributed by atoms with Crippen LogP contribution in [-0.4, -0.2) is 16.1 Å². The van der Waals surface area contributed by atoms with E-state index in [1.54, 1.807) is 18.3 Å². The number of nitrogens with zero attached hydrogens (tertiary/aromatic N) is 1. The Balaban J connectivity index is 2.82. The number of aryl methyl sites for hydroxylation is 1. The van der Waals surface area contributed by atoms with Crippen molar-refractivity contribution in [3.63, 3.8) is 0 Å². The van der Waals surface area contributed by atoms with Gasteiger partial charge in [0.2, 0.25) is 0 Å². The van der Waals surface area contributed by atoms with E-state index in [9.17, 15) is 4.79 Å². The summed E-state index contributed by atoms with van der Waals surface area (Å²) >= 11 is 0. The number of aliphatic carboxylic acids is 1. The van der Waals surface area contributed by atoms with Gasteiger partial charge in [-0.3, -0.25) is 9.78 Å². The topological polar surface area (TPSA) is 76.2 Å². The van der Waals surface area contributed by atoms with Crippen molar-refractivity contribution < 1.29 is 9.90 Å². The molecule has 0 aliphatic heterocycles. The second-order valence-electron chi connectivity index (χ2n) is 2.88. The third-order valence-electron chi connectivity index (χ3n) is 1.84. The van der Waals surface area contributed by atoms with E-state index in [1.165, 1.54) is 0 Å². The minimum absolute atomic E-state index is 0.0630. The highest BCUT2D eigenvalue weighted by Gasteiger charge is 2.12. The van der Waals surface area contributed by atoms with Crippen molar-refractivity contribution in [2.45, 2.75) is 19.4 Å². The van der Waals surface area contributed by atoms with Crippen LogP contribution >= 0.6 is 0 Å². The summed E-state index contributed by atoms with van der Waals surface area (Å²) in [5, 5.41) is 8.54. The van der Waals surface area contributed by atoms with Crippen molar-refractivity contribution in [1.82, 2.24) is 4.98 Å². The Labute approximate surface area is 76.4 Å². The molecule has 0 radical (unpaired) electrons. The predicted octanol–water partition coefficient (Wildman–Crippen LogP) is 0.865. The Hall–Kier alpha value is -1.42. The monoisotopic (exact) mass is 180 g/mol. The Bertz CT molecular complexity index is 312. The molecule has 0 fully saturated rings. The number of hydrogen-bond donors (Lipinski definition) is 2. The molecule has 0 saturated heterocycles. The number of pyridine rings is 1. The van der Waals surface area contributed by atoms with Gasteiger partial charge in [-0.2, -0.15) is 0 Å². The largest absolute Gasteiger partial charge is 0.481 e. The zero-order valence-electron chi connectivity index (χ0n) is 7.40. The molecule has 0 unspecified atom stereocenters. The molecule has 3 N–H and O–H groups in total. The number of nitrogens with two attached hydrogens (primary N) is 1. The summed E-state index contributed by atoms with van der Waals surface area (Å²) < 4.78 is 0. The lowest BCUT2D eigenvalue weighted by atomic mass is 10.0. The molecule has 4 heteroatoms. The smallest absolute Gasteiger partial charge is 0.305 e. The molecule has 0 saturated carbocycles. The van der Waals surface area contributed by atoms with Crippen LogP contribution < -0.4 is 5.73 Å². The molecule has 13 heavy (non-hydrogen) atoms. The Morgan fingerprint density at radius 1 is 1.77 bits per heavy atom. The molecule has 0 aromatic carbocycles. The molecule has 1 aromatic rings. The van der Waals surface area contributed by atoms with E-state index in [2.05, 4.69) is 4.98 Å². The average Bonchev–Trinajstić information content (AvgIpc) is 2.03. The van der Waals surface area contributed by atoms with E-state index >= 15 is 0 Å². The zero-order valence-corrected chi connectivity index (χ0v) is 7.40. The van der Waals surface area contributed by atoms with Crippen molar-refractivity contribution >= 4 is 5.97 Å². The lowest BCUT2D eigenvalue weighted by molar-refractivity contribution is -0.137. The van der Waals surface area contributed by atoms with E-state index < -0.39 is 12.0 Å². The van der Waals surface area contributed by atoms with Gasteiger partial charge in [0.1, 0.15) is 0 Å². The van der Waals surface area contributed by atoms with Gasteiger partial charge in [-0.15, -0.1) is 0 Å². The number of carboxylic acids is 1. The van der Waals surface area contributed by atoms with Crippen LogP contribution in [0.4, 0.5) is 0 Å². The molecular formula is C9H12N2O2. The lowest BCUT2D eigenvalue weighted by Gasteiger charge is -2.10. The average molecular weight is 180 g/mol. The molecule has 0 aliphatic rings. The maximum Gasteiger partial charge on any atom is 0.305 e. The SMILES string of the molecule is Cc1ncccc1[C@H](N)CC(=O)O. The maximum atomic E-state index is 10.4. The highest BCUT2D eigenvalue weighted by Crippen LogP contribution is 2.15. The highest BCUT2D eigenvalue weighted by molar-refractivity contribution is 5.67. The van der Waals surface area contributed by atoms with Crippen molar-refractivity contribution in [2.24, 2.45) is 5.73 Å². The molecule has 70 valence electrons.